The van der Waals surface area contributed by atoms with E-state index in [1.807, 2.05) is 0 Å². The lowest BCUT2D eigenvalue weighted by atomic mass is 9.84. The molecule has 0 aliphatic carbocycles. The molecule has 1 aliphatic rings. The number of carbonyl (C=O) groups is 6. The standard InChI is InChI=1S/C26H27NO11/c1-25(2,3)38-24(33)26(19(23(32)37-7)16(13-27-26)21(30)35-5)17(28)12-11-14-9-8-10-15(20(29)34-4)18(14)22(31)36-6/h8-13H,1-7H3/b12-11+/t26-/m1/s1. The van der Waals surface area contributed by atoms with E-state index < -0.39 is 57.9 Å². The van der Waals surface area contributed by atoms with E-state index in [1.165, 1.54) is 39.0 Å². The molecule has 0 radical (unpaired) electrons. The third-order valence-electron chi connectivity index (χ3n) is 5.17. The van der Waals surface area contributed by atoms with Crippen molar-refractivity contribution in [1.29, 1.82) is 0 Å². The summed E-state index contributed by atoms with van der Waals surface area (Å²) in [5.41, 5.74) is -5.27. The second-order valence-corrected chi connectivity index (χ2v) is 8.69. The molecule has 2 rings (SSSR count). The van der Waals surface area contributed by atoms with Gasteiger partial charge in [-0.2, -0.15) is 0 Å². The molecule has 1 aromatic carbocycles. The van der Waals surface area contributed by atoms with E-state index in [0.29, 0.717) is 0 Å². The molecule has 0 amide bonds. The summed E-state index contributed by atoms with van der Waals surface area (Å²) in [4.78, 5) is 80.9. The highest BCUT2D eigenvalue weighted by Gasteiger charge is 2.58. The summed E-state index contributed by atoms with van der Waals surface area (Å²) >= 11 is 0. The molecule has 0 N–H and O–H groups in total. The van der Waals surface area contributed by atoms with E-state index >= 15 is 0 Å². The molecule has 1 aromatic rings. The number of ether oxygens (including phenoxy) is 5. The molecule has 0 aromatic heterocycles. The highest BCUT2D eigenvalue weighted by atomic mass is 16.6. The third-order valence-corrected chi connectivity index (χ3v) is 5.17. The number of ketones is 1. The van der Waals surface area contributed by atoms with Crippen molar-refractivity contribution in [2.45, 2.75) is 31.9 Å². The number of nitrogens with zero attached hydrogens (tertiary/aromatic N) is 1. The number of esters is 5. The Bertz CT molecular complexity index is 1280. The van der Waals surface area contributed by atoms with Crippen LogP contribution < -0.4 is 0 Å². The first-order valence-electron chi connectivity index (χ1n) is 11.0. The molecule has 12 nitrogen and oxygen atoms in total. The van der Waals surface area contributed by atoms with Gasteiger partial charge in [-0.05, 0) is 38.5 Å². The monoisotopic (exact) mass is 529 g/mol. The van der Waals surface area contributed by atoms with Gasteiger partial charge >= 0.3 is 29.8 Å². The molecular weight excluding hydrogens is 502 g/mol. The minimum Gasteiger partial charge on any atom is -0.466 e. The van der Waals surface area contributed by atoms with Gasteiger partial charge in [0.1, 0.15) is 5.60 Å². The molecular formula is C26H27NO11. The Hall–Kier alpha value is -4.61. The summed E-state index contributed by atoms with van der Waals surface area (Å²) < 4.78 is 24.3. The fourth-order valence-electron chi connectivity index (χ4n) is 3.51. The van der Waals surface area contributed by atoms with Gasteiger partial charge in [-0.3, -0.25) is 9.79 Å². The Morgan fingerprint density at radius 3 is 1.92 bits per heavy atom. The van der Waals surface area contributed by atoms with Crippen molar-refractivity contribution in [3.05, 3.63) is 52.1 Å². The molecule has 0 saturated carbocycles. The largest absolute Gasteiger partial charge is 0.466 e. The smallest absolute Gasteiger partial charge is 0.347 e. The first-order chi connectivity index (χ1) is 17.8. The van der Waals surface area contributed by atoms with Crippen molar-refractivity contribution < 1.29 is 52.5 Å². The zero-order valence-corrected chi connectivity index (χ0v) is 21.9. The fourth-order valence-corrected chi connectivity index (χ4v) is 3.51. The summed E-state index contributed by atoms with van der Waals surface area (Å²) in [5.74, 6) is -6.35. The zero-order chi connectivity index (χ0) is 28.8. The first-order valence-corrected chi connectivity index (χ1v) is 11.0. The average molecular weight is 529 g/mol. The van der Waals surface area contributed by atoms with Gasteiger partial charge in [0.05, 0.1) is 50.7 Å². The van der Waals surface area contributed by atoms with Crippen molar-refractivity contribution >= 4 is 47.9 Å². The Morgan fingerprint density at radius 1 is 0.816 bits per heavy atom. The highest BCUT2D eigenvalue weighted by molar-refractivity contribution is 6.31. The molecule has 38 heavy (non-hydrogen) atoms. The van der Waals surface area contributed by atoms with Crippen molar-refractivity contribution in [3.63, 3.8) is 0 Å². The van der Waals surface area contributed by atoms with Gasteiger partial charge in [-0.25, -0.2) is 24.0 Å². The van der Waals surface area contributed by atoms with E-state index in [2.05, 4.69) is 9.73 Å². The van der Waals surface area contributed by atoms with Crippen molar-refractivity contribution in [2.24, 2.45) is 4.99 Å². The van der Waals surface area contributed by atoms with Crippen LogP contribution in [0.3, 0.4) is 0 Å². The summed E-state index contributed by atoms with van der Waals surface area (Å²) in [6.07, 6.45) is 2.83. The van der Waals surface area contributed by atoms with E-state index in [9.17, 15) is 28.8 Å². The maximum atomic E-state index is 13.7. The van der Waals surface area contributed by atoms with E-state index in [0.717, 1.165) is 46.8 Å². The molecule has 0 saturated heterocycles. The SMILES string of the molecule is COC(=O)C1=C(C(=O)OC)[C@](C(=O)/C=C/c2cccc(C(=O)OC)c2C(=O)OC)(C(=O)OC(C)(C)C)N=C1. The lowest BCUT2D eigenvalue weighted by Gasteiger charge is -2.28. The molecule has 0 bridgehead atoms. The van der Waals surface area contributed by atoms with E-state index in [4.69, 9.17) is 18.9 Å². The number of methoxy groups -OCH3 is 4. The minimum atomic E-state index is -2.66. The Kier molecular flexibility index (Phi) is 9.06. The van der Waals surface area contributed by atoms with Gasteiger partial charge in [0.2, 0.25) is 0 Å². The predicted octanol–water partition coefficient (Wildman–Crippen LogP) is 1.65. The normalized spacial score (nSPS) is 16.7. The van der Waals surface area contributed by atoms with Crippen LogP contribution in [0.2, 0.25) is 0 Å². The average Bonchev–Trinajstić information content (AvgIpc) is 3.30. The Morgan fingerprint density at radius 2 is 1.39 bits per heavy atom. The predicted molar refractivity (Wildman–Crippen MR) is 131 cm³/mol. The highest BCUT2D eigenvalue weighted by Crippen LogP contribution is 2.36. The number of hydrogen-bond donors (Lipinski definition) is 0. The number of carbonyl (C=O) groups excluding carboxylic acids is 6. The second-order valence-electron chi connectivity index (χ2n) is 8.69. The first kappa shape index (κ1) is 29.6. The van der Waals surface area contributed by atoms with Crippen LogP contribution in [0, 0.1) is 0 Å². The van der Waals surface area contributed by atoms with Crippen LogP contribution in [0.1, 0.15) is 47.1 Å². The molecule has 0 spiro atoms. The lowest BCUT2D eigenvalue weighted by molar-refractivity contribution is -0.162. The molecule has 1 heterocycles. The molecule has 202 valence electrons. The number of benzene rings is 1. The van der Waals surface area contributed by atoms with Gasteiger partial charge in [0, 0.05) is 6.21 Å². The Labute approximate surface area is 218 Å². The van der Waals surface area contributed by atoms with Crippen LogP contribution in [0.25, 0.3) is 6.08 Å². The Balaban J connectivity index is 2.78. The van der Waals surface area contributed by atoms with Gasteiger partial charge < -0.3 is 23.7 Å². The third kappa shape index (κ3) is 5.69. The van der Waals surface area contributed by atoms with Gasteiger partial charge in [0.25, 0.3) is 5.54 Å². The van der Waals surface area contributed by atoms with Crippen molar-refractivity contribution in [3.8, 4) is 0 Å². The van der Waals surface area contributed by atoms with Gasteiger partial charge in [0.15, 0.2) is 5.78 Å². The lowest BCUT2D eigenvalue weighted by Crippen LogP contribution is -2.50. The van der Waals surface area contributed by atoms with Crippen LogP contribution in [0.4, 0.5) is 0 Å². The summed E-state index contributed by atoms with van der Waals surface area (Å²) in [7, 11) is 4.25. The number of aliphatic imine (C=N–C) groups is 1. The van der Waals surface area contributed by atoms with Crippen LogP contribution in [-0.4, -0.2) is 81.4 Å². The molecule has 1 atom stereocenters. The maximum Gasteiger partial charge on any atom is 0.347 e. The van der Waals surface area contributed by atoms with Crippen LogP contribution in [0.5, 0.6) is 0 Å². The fraction of sp³-hybridized carbons (Fsp3) is 0.346. The summed E-state index contributed by atoms with van der Waals surface area (Å²) in [6, 6.07) is 4.15. The van der Waals surface area contributed by atoms with Crippen LogP contribution in [-0.2, 0) is 42.9 Å². The minimum absolute atomic E-state index is 0.0474. The molecule has 12 heteroatoms. The van der Waals surface area contributed by atoms with E-state index in [-0.39, 0.29) is 16.7 Å². The quantitative estimate of drug-likeness (QED) is 0.208. The zero-order valence-electron chi connectivity index (χ0n) is 21.9. The van der Waals surface area contributed by atoms with Crippen molar-refractivity contribution in [2.75, 3.05) is 28.4 Å². The number of rotatable bonds is 8. The topological polar surface area (TPSA) is 161 Å². The molecule has 0 fully saturated rings. The molecule has 0 unspecified atom stereocenters. The maximum absolute atomic E-state index is 13.7. The summed E-state index contributed by atoms with van der Waals surface area (Å²) in [5, 5.41) is 0. The molecule has 1 aliphatic heterocycles. The van der Waals surface area contributed by atoms with Crippen LogP contribution >= 0.6 is 0 Å². The van der Waals surface area contributed by atoms with Crippen LogP contribution in [0.15, 0.2) is 40.4 Å². The van der Waals surface area contributed by atoms with E-state index in [1.54, 1.807) is 0 Å². The van der Waals surface area contributed by atoms with Gasteiger partial charge in [-0.15, -0.1) is 0 Å². The second kappa shape index (κ2) is 11.6. The van der Waals surface area contributed by atoms with Crippen molar-refractivity contribution in [1.82, 2.24) is 0 Å². The number of hydrogen-bond acceptors (Lipinski definition) is 12. The van der Waals surface area contributed by atoms with Gasteiger partial charge in [-0.1, -0.05) is 18.2 Å². The summed E-state index contributed by atoms with van der Waals surface area (Å²) in [6.45, 7) is 4.59.